The fourth-order valence-electron chi connectivity index (χ4n) is 7.76. The summed E-state index contributed by atoms with van der Waals surface area (Å²) in [4.78, 5) is 12.8. The first-order valence-electron chi connectivity index (χ1n) is 12.4. The van der Waals surface area contributed by atoms with Gasteiger partial charge >= 0.3 is 5.97 Å². The lowest BCUT2D eigenvalue weighted by Gasteiger charge is -2.40. The largest absolute Gasteiger partial charge is 0.458 e. The van der Waals surface area contributed by atoms with E-state index in [9.17, 15) is 4.79 Å². The molecule has 4 heteroatoms. The van der Waals surface area contributed by atoms with Crippen LogP contribution in [-0.2, 0) is 14.3 Å². The molecule has 4 rings (SSSR count). The minimum absolute atomic E-state index is 0.0393. The van der Waals surface area contributed by atoms with Crippen molar-refractivity contribution in [1.29, 1.82) is 0 Å². The van der Waals surface area contributed by atoms with Gasteiger partial charge in [-0.3, -0.25) is 0 Å². The molecule has 0 aliphatic heterocycles. The van der Waals surface area contributed by atoms with Gasteiger partial charge in [-0.05, 0) is 66.6 Å². The number of nitrogens with zero attached hydrogens (tertiary/aromatic N) is 1. The maximum atomic E-state index is 12.8. The molecule has 0 unspecified atom stereocenters. The number of ether oxygens (including phenoxy) is 2. The van der Waals surface area contributed by atoms with E-state index >= 15 is 0 Å². The first kappa shape index (κ1) is 22.6. The van der Waals surface area contributed by atoms with Gasteiger partial charge in [0.05, 0.1) is 26.8 Å². The van der Waals surface area contributed by atoms with Crippen LogP contribution in [0.15, 0.2) is 0 Å². The van der Waals surface area contributed by atoms with Gasteiger partial charge < -0.3 is 14.0 Å². The summed E-state index contributed by atoms with van der Waals surface area (Å²) in [5, 5.41) is 0. The second kappa shape index (κ2) is 6.94. The molecule has 0 amide bonds. The molecule has 4 nitrogen and oxygen atoms in total. The Morgan fingerprint density at radius 3 is 1.80 bits per heavy atom. The zero-order valence-electron chi connectivity index (χ0n) is 20.8. The molecule has 4 aliphatic carbocycles. The minimum atomic E-state index is -0.0393. The average molecular weight is 421 g/mol. The van der Waals surface area contributed by atoms with Crippen LogP contribution < -0.4 is 0 Å². The molecule has 0 spiro atoms. The van der Waals surface area contributed by atoms with Crippen molar-refractivity contribution < 1.29 is 18.8 Å². The van der Waals surface area contributed by atoms with Crippen LogP contribution in [0.4, 0.5) is 0 Å². The Morgan fingerprint density at radius 2 is 1.37 bits per heavy atom. The van der Waals surface area contributed by atoms with Gasteiger partial charge in [-0.15, -0.1) is 0 Å². The molecule has 0 radical (unpaired) electrons. The molecule has 0 saturated heterocycles. The molecule has 4 saturated carbocycles. The lowest BCUT2D eigenvalue weighted by Crippen LogP contribution is -2.49. The molecular formula is C26H46NO3+. The number of carbonyl (C=O) groups excluding carboxylic acids is 1. The van der Waals surface area contributed by atoms with Gasteiger partial charge in [0.1, 0.15) is 12.6 Å². The van der Waals surface area contributed by atoms with Gasteiger partial charge in [0.2, 0.25) is 0 Å². The van der Waals surface area contributed by atoms with E-state index in [1.54, 1.807) is 0 Å². The maximum absolute atomic E-state index is 12.8. The van der Waals surface area contributed by atoms with Crippen molar-refractivity contribution in [3.63, 3.8) is 0 Å². The lowest BCUT2D eigenvalue weighted by molar-refractivity contribution is -0.883. The summed E-state index contributed by atoms with van der Waals surface area (Å²) in [5.41, 5.74) is 1.10. The normalized spacial score (nSPS) is 43.3. The Kier molecular flexibility index (Phi) is 5.22. The van der Waals surface area contributed by atoms with E-state index in [1.807, 2.05) is 0 Å². The zero-order valence-corrected chi connectivity index (χ0v) is 20.8. The molecule has 6 atom stereocenters. The summed E-state index contributed by atoms with van der Waals surface area (Å²) in [5.74, 6) is 1.46. The third kappa shape index (κ3) is 3.18. The number of hydrogen-bond donors (Lipinski definition) is 0. The summed E-state index contributed by atoms with van der Waals surface area (Å²) in [6.07, 6.45) is 7.83. The number of rotatable bonds is 7. The third-order valence-corrected chi connectivity index (χ3v) is 11.3. The highest BCUT2D eigenvalue weighted by molar-refractivity contribution is 5.71. The average Bonchev–Trinajstić information content (AvgIpc) is 3.13. The van der Waals surface area contributed by atoms with Crippen molar-refractivity contribution >= 4 is 5.97 Å². The lowest BCUT2D eigenvalue weighted by atomic mass is 9.70. The van der Waals surface area contributed by atoms with E-state index in [4.69, 9.17) is 9.47 Å². The van der Waals surface area contributed by atoms with Crippen LogP contribution in [-0.4, -0.2) is 56.5 Å². The highest BCUT2D eigenvalue weighted by Crippen LogP contribution is 2.67. The van der Waals surface area contributed by atoms with Crippen molar-refractivity contribution in [3.05, 3.63) is 0 Å². The minimum Gasteiger partial charge on any atom is -0.458 e. The molecule has 0 aromatic heterocycles. The van der Waals surface area contributed by atoms with Crippen LogP contribution in [0.5, 0.6) is 0 Å². The summed E-state index contributed by atoms with van der Waals surface area (Å²) in [7, 11) is 4.26. The fraction of sp³-hybridized carbons (Fsp3) is 0.962. The Hall–Kier alpha value is -0.610. The van der Waals surface area contributed by atoms with Crippen molar-refractivity contribution in [2.75, 3.05) is 33.8 Å². The molecule has 30 heavy (non-hydrogen) atoms. The first-order valence-corrected chi connectivity index (χ1v) is 12.4. The van der Waals surface area contributed by atoms with Gasteiger partial charge in [0, 0.05) is 5.41 Å². The Labute approximate surface area is 184 Å². The molecular weight excluding hydrogens is 374 g/mol. The van der Waals surface area contributed by atoms with Crippen LogP contribution in [0.25, 0.3) is 0 Å². The van der Waals surface area contributed by atoms with E-state index < -0.39 is 0 Å². The zero-order chi connectivity index (χ0) is 22.2. The van der Waals surface area contributed by atoms with Crippen molar-refractivity contribution in [1.82, 2.24) is 0 Å². The van der Waals surface area contributed by atoms with Crippen molar-refractivity contribution in [2.24, 2.45) is 33.5 Å². The van der Waals surface area contributed by atoms with Crippen LogP contribution >= 0.6 is 0 Å². The molecule has 0 N–H and O–H groups in total. The van der Waals surface area contributed by atoms with Crippen LogP contribution in [0.2, 0.25) is 0 Å². The quantitative estimate of drug-likeness (QED) is 0.427. The molecule has 172 valence electrons. The van der Waals surface area contributed by atoms with Crippen molar-refractivity contribution in [3.8, 4) is 0 Å². The second-order valence-electron chi connectivity index (χ2n) is 13.4. The summed E-state index contributed by atoms with van der Waals surface area (Å²) in [6.45, 7) is 16.4. The summed E-state index contributed by atoms with van der Waals surface area (Å²) < 4.78 is 13.2. The van der Waals surface area contributed by atoms with E-state index in [2.05, 4.69) is 55.6 Å². The Bertz CT molecular complexity index is 698. The Morgan fingerprint density at radius 1 is 0.867 bits per heavy atom. The SMILES string of the molecule is CC1(C)[C@H]2CC[C@@]1(C)[C@H](OCC[N+](C)(C)CC(=O)O[C@@H]1C[C@@H]3CC[C@]1(C)C3(C)C)C2. The molecule has 0 aromatic rings. The highest BCUT2D eigenvalue weighted by atomic mass is 16.5. The summed E-state index contributed by atoms with van der Waals surface area (Å²) in [6, 6.07) is 0. The highest BCUT2D eigenvalue weighted by Gasteiger charge is 2.63. The smallest absolute Gasteiger partial charge is 0.362 e. The van der Waals surface area contributed by atoms with E-state index in [0.717, 1.165) is 25.5 Å². The van der Waals surface area contributed by atoms with Gasteiger partial charge in [-0.2, -0.15) is 0 Å². The number of carbonyl (C=O) groups is 1. The van der Waals surface area contributed by atoms with Crippen LogP contribution in [0, 0.1) is 33.5 Å². The van der Waals surface area contributed by atoms with Gasteiger partial charge in [0.15, 0.2) is 6.54 Å². The maximum Gasteiger partial charge on any atom is 0.362 e. The fourth-order valence-corrected chi connectivity index (χ4v) is 7.76. The number of fused-ring (bicyclic) bond motifs is 4. The number of quaternary nitrogens is 1. The standard InChI is InChI=1S/C26H46NO3/c1-23(2)18-9-11-25(23,5)20(15-18)29-14-13-27(7,8)17-22(28)30-21-16-19-10-12-26(21,6)24(19,3)4/h18-21H,9-17H2,1-8H3/q+1/t18-,19-,20+,21+,25-,26-/m0/s1. The van der Waals surface area contributed by atoms with E-state index in [1.165, 1.54) is 32.1 Å². The van der Waals surface area contributed by atoms with E-state index in [-0.39, 0.29) is 22.9 Å². The second-order valence-corrected chi connectivity index (χ2v) is 13.4. The third-order valence-electron chi connectivity index (χ3n) is 11.3. The summed E-state index contributed by atoms with van der Waals surface area (Å²) >= 11 is 0. The molecule has 0 aromatic carbocycles. The van der Waals surface area contributed by atoms with Gasteiger partial charge in [-0.25, -0.2) is 4.79 Å². The molecule has 4 aliphatic rings. The van der Waals surface area contributed by atoms with Crippen LogP contribution in [0.3, 0.4) is 0 Å². The number of likely N-dealkylation sites (N-methyl/N-ethyl adjacent to an activating group) is 1. The Balaban J connectivity index is 1.26. The molecule has 4 bridgehead atoms. The van der Waals surface area contributed by atoms with E-state index in [0.29, 0.717) is 33.9 Å². The molecule has 4 fully saturated rings. The number of esters is 1. The van der Waals surface area contributed by atoms with Gasteiger partial charge in [-0.1, -0.05) is 41.5 Å². The van der Waals surface area contributed by atoms with Crippen LogP contribution in [0.1, 0.15) is 80.1 Å². The number of hydrogen-bond acceptors (Lipinski definition) is 3. The first-order chi connectivity index (χ1) is 13.7. The predicted molar refractivity (Wildman–Crippen MR) is 120 cm³/mol. The van der Waals surface area contributed by atoms with Gasteiger partial charge in [0.25, 0.3) is 0 Å². The van der Waals surface area contributed by atoms with Crippen molar-refractivity contribution in [2.45, 2.75) is 92.3 Å². The predicted octanol–water partition coefficient (Wildman–Crippen LogP) is 5.05. The molecule has 0 heterocycles. The monoisotopic (exact) mass is 420 g/mol. The topological polar surface area (TPSA) is 35.5 Å².